The Morgan fingerprint density at radius 2 is 1.51 bits per heavy atom. The Balaban J connectivity index is 1.31. The van der Waals surface area contributed by atoms with Gasteiger partial charge >= 0.3 is 0 Å². The molecule has 6 rings (SSSR count). The van der Waals surface area contributed by atoms with Crippen molar-refractivity contribution in [3.63, 3.8) is 0 Å². The predicted molar refractivity (Wildman–Crippen MR) is 168 cm³/mol. The Morgan fingerprint density at radius 3 is 2.16 bits per heavy atom. The second kappa shape index (κ2) is 11.0. The van der Waals surface area contributed by atoms with E-state index in [2.05, 4.69) is 23.5 Å². The normalized spacial score (nSPS) is 13.1. The van der Waals surface area contributed by atoms with Crippen LogP contribution in [0.4, 0.5) is 10.8 Å². The van der Waals surface area contributed by atoms with Gasteiger partial charge in [0.1, 0.15) is 0 Å². The zero-order valence-electron chi connectivity index (χ0n) is 22.7. The summed E-state index contributed by atoms with van der Waals surface area (Å²) in [5.41, 5.74) is 1.90. The van der Waals surface area contributed by atoms with E-state index in [0.717, 1.165) is 16.2 Å². The van der Waals surface area contributed by atoms with Gasteiger partial charge < -0.3 is 0 Å². The van der Waals surface area contributed by atoms with Crippen LogP contribution in [0.5, 0.6) is 0 Å². The summed E-state index contributed by atoms with van der Waals surface area (Å²) >= 11 is 1.15. The maximum Gasteiger partial charge on any atom is 0.266 e. The Bertz CT molecular complexity index is 2060. The monoisotopic (exact) mass is 608 g/mol. The number of nitrogens with one attached hydrogen (secondary N) is 1. The molecule has 1 aliphatic rings. The van der Waals surface area contributed by atoms with Gasteiger partial charge in [-0.25, -0.2) is 18.3 Å². The molecule has 2 heterocycles. The molecule has 214 valence electrons. The van der Waals surface area contributed by atoms with Crippen LogP contribution in [0.3, 0.4) is 0 Å². The smallest absolute Gasteiger partial charge is 0.266 e. The summed E-state index contributed by atoms with van der Waals surface area (Å²) in [7, 11) is -3.80. The second-order valence-corrected chi connectivity index (χ2v) is 12.6. The van der Waals surface area contributed by atoms with Gasteiger partial charge in [0.2, 0.25) is 10.0 Å². The van der Waals surface area contributed by atoms with E-state index in [0.29, 0.717) is 43.4 Å². The molecule has 0 fully saturated rings. The first-order chi connectivity index (χ1) is 20.7. The standard InChI is InChI=1S/C32H24N4O5S2/c1-3-17-35(18-4-2)43(40,41)20-13-15-26-28(19-20)42-32(33-26)34-29(37)23-14-16-27(22-10-6-5-9-21(22)23)36-30(38)24-11-7-8-12-25(24)31(36)39/h3-16,19H,1-2,17-18H2,(H,33,34,37). The second-order valence-electron chi connectivity index (χ2n) is 9.67. The SMILES string of the molecule is C=CCN(CC=C)S(=O)(=O)c1ccc2nc(NC(=O)c3ccc(N4C(=O)c5ccccc5C4=O)c4ccccc34)sc2c1. The Kier molecular flexibility index (Phi) is 7.22. The summed E-state index contributed by atoms with van der Waals surface area (Å²) in [4.78, 5) is 45.5. The minimum absolute atomic E-state index is 0.0972. The van der Waals surface area contributed by atoms with Gasteiger partial charge in [0.25, 0.3) is 17.7 Å². The number of hydrogen-bond donors (Lipinski definition) is 1. The molecule has 0 saturated carbocycles. The molecule has 0 unspecified atom stereocenters. The molecule has 0 saturated heterocycles. The van der Waals surface area contributed by atoms with Gasteiger partial charge in [0, 0.05) is 24.0 Å². The quantitative estimate of drug-likeness (QED) is 0.165. The molecule has 0 radical (unpaired) electrons. The van der Waals surface area contributed by atoms with Crippen molar-refractivity contribution in [3.8, 4) is 0 Å². The van der Waals surface area contributed by atoms with Crippen molar-refractivity contribution < 1.29 is 22.8 Å². The zero-order chi connectivity index (χ0) is 30.3. The van der Waals surface area contributed by atoms with E-state index in [1.54, 1.807) is 66.7 Å². The van der Waals surface area contributed by atoms with Gasteiger partial charge in [-0.15, -0.1) is 13.2 Å². The number of carbonyl (C=O) groups is 3. The van der Waals surface area contributed by atoms with Crippen LogP contribution in [0, 0.1) is 0 Å². The first kappa shape index (κ1) is 28.2. The summed E-state index contributed by atoms with van der Waals surface area (Å²) in [6.45, 7) is 7.54. The van der Waals surface area contributed by atoms with Crippen LogP contribution < -0.4 is 10.2 Å². The lowest BCUT2D eigenvalue weighted by Crippen LogP contribution is -2.31. The van der Waals surface area contributed by atoms with Crippen molar-refractivity contribution in [2.45, 2.75) is 4.90 Å². The highest BCUT2D eigenvalue weighted by atomic mass is 32.2. The maximum atomic E-state index is 13.5. The molecule has 1 aliphatic heterocycles. The van der Waals surface area contributed by atoms with Gasteiger partial charge in [-0.05, 0) is 47.9 Å². The molecule has 0 atom stereocenters. The van der Waals surface area contributed by atoms with Crippen LogP contribution in [0.25, 0.3) is 21.0 Å². The number of benzene rings is 4. The Labute approximate surface area is 251 Å². The summed E-state index contributed by atoms with van der Waals surface area (Å²) in [5.74, 6) is -1.29. The molecule has 0 spiro atoms. The minimum Gasteiger partial charge on any atom is -0.298 e. The van der Waals surface area contributed by atoms with E-state index in [1.165, 1.54) is 28.6 Å². The van der Waals surface area contributed by atoms with Crippen LogP contribution >= 0.6 is 11.3 Å². The average molecular weight is 609 g/mol. The highest BCUT2D eigenvalue weighted by Crippen LogP contribution is 2.36. The number of amides is 3. The molecule has 0 aliphatic carbocycles. The van der Waals surface area contributed by atoms with Crippen molar-refractivity contribution in [1.82, 2.24) is 9.29 Å². The highest BCUT2D eigenvalue weighted by molar-refractivity contribution is 7.89. The fraction of sp³-hybridized carbons (Fsp3) is 0.0625. The molecule has 0 bridgehead atoms. The maximum absolute atomic E-state index is 13.5. The number of sulfonamides is 1. The molecule has 3 amide bonds. The van der Waals surface area contributed by atoms with Gasteiger partial charge in [-0.3, -0.25) is 19.7 Å². The Morgan fingerprint density at radius 1 is 0.884 bits per heavy atom. The van der Waals surface area contributed by atoms with Gasteiger partial charge in [0.15, 0.2) is 5.13 Å². The number of carbonyl (C=O) groups excluding carboxylic acids is 3. The van der Waals surface area contributed by atoms with E-state index < -0.39 is 27.7 Å². The number of hydrogen-bond acceptors (Lipinski definition) is 7. The van der Waals surface area contributed by atoms with Gasteiger partial charge in [-0.2, -0.15) is 4.31 Å². The third-order valence-electron chi connectivity index (χ3n) is 7.06. The van der Waals surface area contributed by atoms with Crippen LogP contribution in [-0.4, -0.2) is 48.5 Å². The topological polar surface area (TPSA) is 117 Å². The number of anilines is 2. The third kappa shape index (κ3) is 4.83. The number of aromatic nitrogens is 1. The number of rotatable bonds is 9. The van der Waals surface area contributed by atoms with Crippen LogP contribution in [0.15, 0.2) is 109 Å². The van der Waals surface area contributed by atoms with Crippen LogP contribution in [0.1, 0.15) is 31.1 Å². The van der Waals surface area contributed by atoms with E-state index >= 15 is 0 Å². The fourth-order valence-electron chi connectivity index (χ4n) is 5.08. The zero-order valence-corrected chi connectivity index (χ0v) is 24.3. The minimum atomic E-state index is -3.80. The molecule has 9 nitrogen and oxygen atoms in total. The van der Waals surface area contributed by atoms with E-state index in [-0.39, 0.29) is 23.1 Å². The summed E-state index contributed by atoms with van der Waals surface area (Å²) in [6.07, 6.45) is 3.02. The summed E-state index contributed by atoms with van der Waals surface area (Å²) in [5, 5.41) is 4.22. The lowest BCUT2D eigenvalue weighted by Gasteiger charge is -2.18. The molecule has 43 heavy (non-hydrogen) atoms. The predicted octanol–water partition coefficient (Wildman–Crippen LogP) is 5.87. The molecule has 5 aromatic rings. The largest absolute Gasteiger partial charge is 0.298 e. The number of thiazole rings is 1. The van der Waals surface area contributed by atoms with Crippen molar-refractivity contribution >= 4 is 70.9 Å². The fourth-order valence-corrected chi connectivity index (χ4v) is 7.46. The molecule has 11 heteroatoms. The van der Waals surface area contributed by atoms with Crippen molar-refractivity contribution in [3.05, 3.63) is 121 Å². The summed E-state index contributed by atoms with van der Waals surface area (Å²) < 4.78 is 28.2. The lowest BCUT2D eigenvalue weighted by molar-refractivity contribution is 0.0925. The number of fused-ring (bicyclic) bond motifs is 3. The van der Waals surface area contributed by atoms with Crippen molar-refractivity contribution in [1.29, 1.82) is 0 Å². The van der Waals surface area contributed by atoms with E-state index in [4.69, 9.17) is 0 Å². The van der Waals surface area contributed by atoms with Crippen molar-refractivity contribution in [2.24, 2.45) is 0 Å². The highest BCUT2D eigenvalue weighted by Gasteiger charge is 2.37. The summed E-state index contributed by atoms with van der Waals surface area (Å²) in [6, 6.07) is 21.5. The molecular weight excluding hydrogens is 585 g/mol. The molecule has 1 N–H and O–H groups in total. The van der Waals surface area contributed by atoms with Crippen LogP contribution in [-0.2, 0) is 10.0 Å². The third-order valence-corrected chi connectivity index (χ3v) is 9.83. The van der Waals surface area contributed by atoms with E-state index in [9.17, 15) is 22.8 Å². The molecule has 1 aromatic heterocycles. The number of nitrogens with zero attached hydrogens (tertiary/aromatic N) is 3. The van der Waals surface area contributed by atoms with E-state index in [1.807, 2.05) is 0 Å². The Hall–Kier alpha value is -4.97. The first-order valence-electron chi connectivity index (χ1n) is 13.2. The average Bonchev–Trinajstić information content (AvgIpc) is 3.53. The van der Waals surface area contributed by atoms with Crippen molar-refractivity contribution in [2.75, 3.05) is 23.3 Å². The molecular formula is C32H24N4O5S2. The first-order valence-corrected chi connectivity index (χ1v) is 15.4. The molecule has 4 aromatic carbocycles. The van der Waals surface area contributed by atoms with Gasteiger partial charge in [0.05, 0.1) is 31.9 Å². The number of imide groups is 1. The van der Waals surface area contributed by atoms with Gasteiger partial charge in [-0.1, -0.05) is 59.9 Å². The lowest BCUT2D eigenvalue weighted by atomic mass is 10.0. The van der Waals surface area contributed by atoms with Crippen LogP contribution in [0.2, 0.25) is 0 Å².